The van der Waals surface area contributed by atoms with E-state index in [-0.39, 0.29) is 17.3 Å². The maximum atomic E-state index is 10.8. The number of carbonyl (C=O) groups excluding carboxylic acids is 2. The normalized spacial score (nSPS) is 8.00. The summed E-state index contributed by atoms with van der Waals surface area (Å²) < 4.78 is 0. The Balaban J connectivity index is 0.00000169. The Kier molecular flexibility index (Phi) is 4.62. The van der Waals surface area contributed by atoms with Crippen LogP contribution in [0.1, 0.15) is 10.4 Å². The second-order valence-electron chi connectivity index (χ2n) is 2.22. The number of nitrogens with zero attached hydrogens (tertiary/aromatic N) is 3. The van der Waals surface area contributed by atoms with Crippen molar-refractivity contribution in [1.82, 2.24) is 0 Å². The van der Waals surface area contributed by atoms with Gasteiger partial charge in [-0.05, 0) is 5.53 Å². The smallest absolute Gasteiger partial charge is 0.225 e. The van der Waals surface area contributed by atoms with Crippen LogP contribution in [-0.4, -0.2) is 17.5 Å². The van der Waals surface area contributed by atoms with Crippen molar-refractivity contribution in [3.05, 3.63) is 40.3 Å². The number of hydrogen-bond acceptors (Lipinski definition) is 3. The van der Waals surface area contributed by atoms with E-state index in [1.54, 1.807) is 0 Å². The van der Waals surface area contributed by atoms with Crippen LogP contribution in [0.2, 0.25) is 0 Å². The maximum Gasteiger partial charge on any atom is 0.225 e. The molecule has 72 valence electrons. The molecular formula is C8H7N3O3. The zero-order valence-electron chi connectivity index (χ0n) is 7.04. The lowest BCUT2D eigenvalue weighted by Gasteiger charge is -1.93. The average molecular weight is 193 g/mol. The third kappa shape index (κ3) is 2.71. The van der Waals surface area contributed by atoms with Crippen LogP contribution in [0.15, 0.2) is 29.4 Å². The Hall–Kier alpha value is -2.17. The minimum Gasteiger partial charge on any atom is -0.412 e. The zero-order chi connectivity index (χ0) is 9.68. The highest BCUT2D eigenvalue weighted by molar-refractivity contribution is 6.33. The van der Waals surface area contributed by atoms with Gasteiger partial charge in [0.2, 0.25) is 5.78 Å². The van der Waals surface area contributed by atoms with Gasteiger partial charge in [-0.15, -0.1) is 0 Å². The zero-order valence-corrected chi connectivity index (χ0v) is 7.04. The molecule has 0 radical (unpaired) electrons. The monoisotopic (exact) mass is 193 g/mol. The number of rotatable bonds is 3. The van der Waals surface area contributed by atoms with Crippen molar-refractivity contribution in [2.45, 2.75) is 0 Å². The van der Waals surface area contributed by atoms with Crippen molar-refractivity contribution in [2.75, 3.05) is 0 Å². The summed E-state index contributed by atoms with van der Waals surface area (Å²) in [4.78, 5) is 23.5. The molecule has 2 N–H and O–H groups in total. The van der Waals surface area contributed by atoms with E-state index in [1.165, 1.54) is 24.3 Å². The minimum absolute atomic E-state index is 0. The van der Waals surface area contributed by atoms with E-state index in [9.17, 15) is 9.59 Å². The number of carbonyl (C=O) groups is 2. The number of azide groups is 1. The second-order valence-corrected chi connectivity index (χ2v) is 2.22. The topological polar surface area (TPSA) is 114 Å². The van der Waals surface area contributed by atoms with Gasteiger partial charge >= 0.3 is 0 Å². The number of aldehydes is 1. The SMILES string of the molecule is O.[N-]=[N+]=Nc1ccc(C(=O)C=O)cc1. The van der Waals surface area contributed by atoms with Gasteiger partial charge in [-0.25, -0.2) is 0 Å². The van der Waals surface area contributed by atoms with E-state index in [4.69, 9.17) is 5.53 Å². The fraction of sp³-hybridized carbons (Fsp3) is 0. The fourth-order valence-electron chi connectivity index (χ4n) is 0.812. The Morgan fingerprint density at radius 2 is 1.93 bits per heavy atom. The minimum atomic E-state index is -0.590. The van der Waals surface area contributed by atoms with Gasteiger partial charge in [0.1, 0.15) is 0 Å². The first kappa shape index (κ1) is 11.8. The molecule has 1 rings (SSSR count). The predicted molar refractivity (Wildman–Crippen MR) is 49.3 cm³/mol. The van der Waals surface area contributed by atoms with Crippen molar-refractivity contribution in [3.8, 4) is 0 Å². The summed E-state index contributed by atoms with van der Waals surface area (Å²) in [5.74, 6) is -0.590. The van der Waals surface area contributed by atoms with Crippen molar-refractivity contribution in [3.63, 3.8) is 0 Å². The van der Waals surface area contributed by atoms with Crippen LogP contribution in [0.25, 0.3) is 10.4 Å². The van der Waals surface area contributed by atoms with Crippen LogP contribution >= 0.6 is 0 Å². The van der Waals surface area contributed by atoms with E-state index < -0.39 is 5.78 Å². The Labute approximate surface area is 79.1 Å². The van der Waals surface area contributed by atoms with Crippen LogP contribution in [-0.2, 0) is 4.79 Å². The van der Waals surface area contributed by atoms with E-state index in [1.807, 2.05) is 0 Å². The largest absolute Gasteiger partial charge is 0.412 e. The van der Waals surface area contributed by atoms with Crippen molar-refractivity contribution < 1.29 is 15.1 Å². The molecule has 0 amide bonds. The highest BCUT2D eigenvalue weighted by Crippen LogP contribution is 2.12. The van der Waals surface area contributed by atoms with Crippen molar-refractivity contribution in [1.29, 1.82) is 0 Å². The molecule has 0 fully saturated rings. The lowest BCUT2D eigenvalue weighted by molar-refractivity contribution is -0.104. The van der Waals surface area contributed by atoms with Crippen molar-refractivity contribution >= 4 is 17.8 Å². The van der Waals surface area contributed by atoms with Crippen LogP contribution < -0.4 is 0 Å². The summed E-state index contributed by atoms with van der Waals surface area (Å²) in [6.45, 7) is 0. The molecule has 0 saturated heterocycles. The molecule has 1 aromatic rings. The van der Waals surface area contributed by atoms with Gasteiger partial charge in [0, 0.05) is 16.2 Å². The average Bonchev–Trinajstić information content (AvgIpc) is 2.18. The highest BCUT2D eigenvalue weighted by atomic mass is 16.2. The maximum absolute atomic E-state index is 10.8. The Morgan fingerprint density at radius 1 is 1.36 bits per heavy atom. The van der Waals surface area contributed by atoms with Gasteiger partial charge in [-0.1, -0.05) is 29.4 Å². The summed E-state index contributed by atoms with van der Waals surface area (Å²) in [6.07, 6.45) is 0.239. The molecule has 6 heteroatoms. The molecular weight excluding hydrogens is 186 g/mol. The van der Waals surface area contributed by atoms with Crippen molar-refractivity contribution in [2.24, 2.45) is 5.11 Å². The number of hydrogen-bond donors (Lipinski definition) is 0. The van der Waals surface area contributed by atoms with E-state index in [0.29, 0.717) is 5.69 Å². The quantitative estimate of drug-likeness (QED) is 0.179. The summed E-state index contributed by atoms with van der Waals surface area (Å²) in [6, 6.07) is 5.80. The third-order valence-electron chi connectivity index (χ3n) is 1.42. The number of ketones is 1. The molecule has 0 heterocycles. The molecule has 14 heavy (non-hydrogen) atoms. The van der Waals surface area contributed by atoms with Crippen LogP contribution in [0.4, 0.5) is 5.69 Å². The Bertz CT molecular complexity index is 379. The molecule has 0 saturated carbocycles. The fourth-order valence-corrected chi connectivity index (χ4v) is 0.812. The van der Waals surface area contributed by atoms with Gasteiger partial charge in [-0.3, -0.25) is 9.59 Å². The van der Waals surface area contributed by atoms with E-state index in [0.717, 1.165) is 0 Å². The molecule has 0 atom stereocenters. The van der Waals surface area contributed by atoms with Gasteiger partial charge in [0.05, 0.1) is 0 Å². The summed E-state index contributed by atoms with van der Waals surface area (Å²) >= 11 is 0. The van der Waals surface area contributed by atoms with Crippen LogP contribution in [0.5, 0.6) is 0 Å². The first-order valence-corrected chi connectivity index (χ1v) is 3.42. The van der Waals surface area contributed by atoms with Crippen LogP contribution in [0.3, 0.4) is 0 Å². The molecule has 0 aliphatic carbocycles. The van der Waals surface area contributed by atoms with E-state index in [2.05, 4.69) is 10.0 Å². The molecule has 0 aromatic heterocycles. The third-order valence-corrected chi connectivity index (χ3v) is 1.42. The van der Waals surface area contributed by atoms with E-state index >= 15 is 0 Å². The first-order chi connectivity index (χ1) is 6.27. The van der Waals surface area contributed by atoms with Gasteiger partial charge in [0.25, 0.3) is 0 Å². The Morgan fingerprint density at radius 3 is 2.36 bits per heavy atom. The lowest BCUT2D eigenvalue weighted by Crippen LogP contribution is -1.98. The molecule has 0 bridgehead atoms. The summed E-state index contributed by atoms with van der Waals surface area (Å²) in [5.41, 5.74) is 8.77. The lowest BCUT2D eigenvalue weighted by atomic mass is 10.1. The molecule has 1 aromatic carbocycles. The molecule has 0 unspecified atom stereocenters. The number of benzene rings is 1. The molecule has 0 aliphatic heterocycles. The standard InChI is InChI=1S/C8H5N3O2.H2O/c9-11-10-7-3-1-6(2-4-7)8(13)5-12;/h1-5H;1H2. The summed E-state index contributed by atoms with van der Waals surface area (Å²) in [7, 11) is 0. The van der Waals surface area contributed by atoms with Gasteiger partial charge in [0.15, 0.2) is 6.29 Å². The highest BCUT2D eigenvalue weighted by Gasteiger charge is 2.01. The second kappa shape index (κ2) is 5.47. The van der Waals surface area contributed by atoms with Crippen LogP contribution in [0, 0.1) is 0 Å². The van der Waals surface area contributed by atoms with Gasteiger partial charge in [-0.2, -0.15) is 0 Å². The molecule has 6 nitrogen and oxygen atoms in total. The molecule has 0 aliphatic rings. The van der Waals surface area contributed by atoms with Gasteiger partial charge < -0.3 is 5.48 Å². The predicted octanol–water partition coefficient (Wildman–Crippen LogP) is 1.19. The first-order valence-electron chi connectivity index (χ1n) is 3.42. The summed E-state index contributed by atoms with van der Waals surface area (Å²) in [5, 5.41) is 3.31. The number of Topliss-reactive ketones (excluding diaryl/α,β-unsaturated/α-hetero) is 1. The molecule has 0 spiro atoms.